The Hall–Kier alpha value is -2.52. The third kappa shape index (κ3) is 2.00. The number of carbonyl (C=O) groups is 1. The molecule has 2 aliphatic heterocycles. The van der Waals surface area contributed by atoms with Gasteiger partial charge in [0.05, 0.1) is 5.69 Å². The highest BCUT2D eigenvalue weighted by atomic mass is 32.2. The minimum atomic E-state index is -0.284. The first kappa shape index (κ1) is 17.2. The first-order chi connectivity index (χ1) is 14.8. The second-order valence-electron chi connectivity index (χ2n) is 9.27. The summed E-state index contributed by atoms with van der Waals surface area (Å²) in [5.74, 6) is 2.46. The zero-order valence-electron chi connectivity index (χ0n) is 16.6. The molecular weight excluding hydrogens is 386 g/mol. The summed E-state index contributed by atoms with van der Waals surface area (Å²) in [6.45, 7) is 0. The highest BCUT2D eigenvalue weighted by Gasteiger charge is 2.72. The van der Waals surface area contributed by atoms with Crippen molar-refractivity contribution in [3.05, 3.63) is 96.1 Å². The Kier molecular flexibility index (Phi) is 3.44. The summed E-state index contributed by atoms with van der Waals surface area (Å²) >= 11 is 1.93. The van der Waals surface area contributed by atoms with E-state index in [1.165, 1.54) is 28.9 Å². The lowest BCUT2D eigenvalue weighted by molar-refractivity contribution is -0.122. The summed E-state index contributed by atoms with van der Waals surface area (Å²) in [6, 6.07) is 30.2. The van der Waals surface area contributed by atoms with Gasteiger partial charge in [0.25, 0.3) is 0 Å². The van der Waals surface area contributed by atoms with Gasteiger partial charge in [-0.25, -0.2) is 0 Å². The Morgan fingerprint density at radius 3 is 2.33 bits per heavy atom. The van der Waals surface area contributed by atoms with Gasteiger partial charge in [0.15, 0.2) is 0 Å². The molecule has 0 N–H and O–H groups in total. The molecule has 1 amide bonds. The number of hydrogen-bond donors (Lipinski definition) is 0. The maximum atomic E-state index is 14.1. The van der Waals surface area contributed by atoms with Crippen LogP contribution in [0, 0.1) is 23.7 Å². The number of para-hydroxylation sites is 1. The summed E-state index contributed by atoms with van der Waals surface area (Å²) in [4.78, 5) is 17.2. The van der Waals surface area contributed by atoms with Crippen molar-refractivity contribution in [1.82, 2.24) is 0 Å². The van der Waals surface area contributed by atoms with Crippen molar-refractivity contribution in [3.63, 3.8) is 0 Å². The van der Waals surface area contributed by atoms with Gasteiger partial charge in [-0.15, -0.1) is 0 Å². The monoisotopic (exact) mass is 409 g/mol. The number of rotatable bonds is 2. The van der Waals surface area contributed by atoms with Gasteiger partial charge < -0.3 is 0 Å². The van der Waals surface area contributed by atoms with Crippen molar-refractivity contribution in [2.24, 2.45) is 23.7 Å². The van der Waals surface area contributed by atoms with Gasteiger partial charge in [-0.05, 0) is 53.9 Å². The molecular formula is C27H23NOS. The molecule has 4 aliphatic rings. The van der Waals surface area contributed by atoms with Crippen molar-refractivity contribution in [2.75, 3.05) is 4.90 Å². The van der Waals surface area contributed by atoms with E-state index in [0.717, 1.165) is 5.69 Å². The SMILES string of the molecule is O=C1[C@H]2[C@@H]3C[C@@H](C[C@H]3c3ccccc3)[C@H]2[C@]2(c3ccccc3)Sc3ccccc3N12. The van der Waals surface area contributed by atoms with Crippen LogP contribution < -0.4 is 4.90 Å². The van der Waals surface area contributed by atoms with Crippen LogP contribution in [0.25, 0.3) is 0 Å². The Morgan fingerprint density at radius 1 is 0.833 bits per heavy atom. The number of carbonyl (C=O) groups excluding carboxylic acids is 1. The Balaban J connectivity index is 1.40. The van der Waals surface area contributed by atoms with E-state index in [1.807, 2.05) is 11.8 Å². The Bertz CT molecular complexity index is 1150. The number of fused-ring (bicyclic) bond motifs is 9. The Morgan fingerprint density at radius 2 is 1.53 bits per heavy atom. The molecule has 0 radical (unpaired) electrons. The summed E-state index contributed by atoms with van der Waals surface area (Å²) in [5, 5.41) is 0. The van der Waals surface area contributed by atoms with E-state index in [1.54, 1.807) is 0 Å². The lowest BCUT2D eigenvalue weighted by Gasteiger charge is -2.40. The quantitative estimate of drug-likeness (QED) is 0.514. The highest BCUT2D eigenvalue weighted by molar-refractivity contribution is 8.01. The molecule has 2 nitrogen and oxygen atoms in total. The maximum Gasteiger partial charge on any atom is 0.232 e. The summed E-state index contributed by atoms with van der Waals surface area (Å²) < 4.78 is 0. The zero-order valence-corrected chi connectivity index (χ0v) is 17.5. The van der Waals surface area contributed by atoms with E-state index in [2.05, 4.69) is 89.8 Å². The third-order valence-corrected chi connectivity index (χ3v) is 9.65. The molecule has 2 bridgehead atoms. The summed E-state index contributed by atoms with van der Waals surface area (Å²) in [7, 11) is 0. The van der Waals surface area contributed by atoms with E-state index >= 15 is 0 Å². The second-order valence-corrected chi connectivity index (χ2v) is 10.5. The molecule has 0 aromatic heterocycles. The van der Waals surface area contributed by atoms with Crippen LogP contribution >= 0.6 is 11.8 Å². The highest BCUT2D eigenvalue weighted by Crippen LogP contribution is 2.74. The molecule has 6 atom stereocenters. The largest absolute Gasteiger partial charge is 0.291 e. The van der Waals surface area contributed by atoms with Crippen LogP contribution in [0.15, 0.2) is 89.8 Å². The zero-order chi connectivity index (χ0) is 19.9. The predicted octanol–water partition coefficient (Wildman–Crippen LogP) is 6.05. The number of thioether (sulfide) groups is 1. The molecule has 2 saturated carbocycles. The number of hydrogen-bond acceptors (Lipinski definition) is 2. The minimum Gasteiger partial charge on any atom is -0.291 e. The van der Waals surface area contributed by atoms with Gasteiger partial charge in [-0.2, -0.15) is 0 Å². The van der Waals surface area contributed by atoms with Gasteiger partial charge in [-0.3, -0.25) is 9.69 Å². The normalized spacial score (nSPS) is 35.4. The molecule has 3 heteroatoms. The minimum absolute atomic E-state index is 0.134. The van der Waals surface area contributed by atoms with E-state index in [9.17, 15) is 4.79 Å². The van der Waals surface area contributed by atoms with Crippen LogP contribution in [-0.2, 0) is 9.67 Å². The first-order valence-corrected chi connectivity index (χ1v) is 11.8. The number of nitrogens with zero attached hydrogens (tertiary/aromatic N) is 1. The van der Waals surface area contributed by atoms with Gasteiger partial charge in [0.1, 0.15) is 4.87 Å². The average Bonchev–Trinajstić information content (AvgIpc) is 3.53. The van der Waals surface area contributed by atoms with Crippen LogP contribution in [0.2, 0.25) is 0 Å². The van der Waals surface area contributed by atoms with E-state index in [-0.39, 0.29) is 10.8 Å². The molecule has 3 fully saturated rings. The predicted molar refractivity (Wildman–Crippen MR) is 120 cm³/mol. The molecule has 0 unspecified atom stereocenters. The lowest BCUT2D eigenvalue weighted by Crippen LogP contribution is -2.42. The fourth-order valence-corrected chi connectivity index (χ4v) is 8.92. The van der Waals surface area contributed by atoms with Crippen molar-refractivity contribution >= 4 is 23.4 Å². The van der Waals surface area contributed by atoms with Crippen LogP contribution in [-0.4, -0.2) is 5.91 Å². The molecule has 0 spiro atoms. The van der Waals surface area contributed by atoms with Gasteiger partial charge in [0, 0.05) is 16.7 Å². The summed E-state index contributed by atoms with van der Waals surface area (Å²) in [6.07, 6.45) is 2.41. The fraction of sp³-hybridized carbons (Fsp3) is 0.296. The Labute approximate surface area is 181 Å². The van der Waals surface area contributed by atoms with Crippen molar-refractivity contribution in [3.8, 4) is 0 Å². The van der Waals surface area contributed by atoms with E-state index in [4.69, 9.17) is 0 Å². The number of benzene rings is 3. The fourth-order valence-electron chi connectivity index (χ4n) is 7.17. The van der Waals surface area contributed by atoms with Crippen LogP contribution in [0.3, 0.4) is 0 Å². The molecule has 30 heavy (non-hydrogen) atoms. The van der Waals surface area contributed by atoms with Gasteiger partial charge >= 0.3 is 0 Å². The molecule has 2 aliphatic carbocycles. The van der Waals surface area contributed by atoms with E-state index < -0.39 is 0 Å². The van der Waals surface area contributed by atoms with Crippen molar-refractivity contribution in [1.29, 1.82) is 0 Å². The van der Waals surface area contributed by atoms with E-state index in [0.29, 0.717) is 29.6 Å². The average molecular weight is 410 g/mol. The second kappa shape index (κ2) is 6.01. The van der Waals surface area contributed by atoms with Gasteiger partial charge in [-0.1, -0.05) is 84.6 Å². The topological polar surface area (TPSA) is 20.3 Å². The molecule has 3 aromatic rings. The molecule has 3 aromatic carbocycles. The third-order valence-electron chi connectivity index (χ3n) is 8.08. The maximum absolute atomic E-state index is 14.1. The number of anilines is 1. The smallest absolute Gasteiger partial charge is 0.232 e. The summed E-state index contributed by atoms with van der Waals surface area (Å²) in [5.41, 5.74) is 3.82. The van der Waals surface area contributed by atoms with Crippen molar-refractivity contribution < 1.29 is 4.79 Å². The standard InChI is InChI=1S/C27H23NOS/c29-26-24-21-16-18(15-20(21)17-9-3-1-4-10-17)25(24)27(19-11-5-2-6-12-19)28(26)22-13-7-8-14-23(22)30-27/h1-14,18,20-21,24-25H,15-16H2/t18-,20+,21-,24+,25-,27+/m1/s1. The number of amides is 1. The van der Waals surface area contributed by atoms with Crippen molar-refractivity contribution in [2.45, 2.75) is 28.5 Å². The molecule has 7 rings (SSSR count). The first-order valence-electron chi connectivity index (χ1n) is 11.0. The molecule has 148 valence electrons. The van der Waals surface area contributed by atoms with Gasteiger partial charge in [0.2, 0.25) is 5.91 Å². The van der Waals surface area contributed by atoms with Crippen LogP contribution in [0.4, 0.5) is 5.69 Å². The molecule has 1 saturated heterocycles. The van der Waals surface area contributed by atoms with Crippen LogP contribution in [0.1, 0.15) is 29.9 Å². The molecule has 2 heterocycles. The van der Waals surface area contributed by atoms with Crippen LogP contribution in [0.5, 0.6) is 0 Å². The lowest BCUT2D eigenvalue weighted by atomic mass is 9.70.